The molecule has 32 heavy (non-hydrogen) atoms. The molecule has 2 saturated carbocycles. The number of allylic oxidation sites excluding steroid dienone is 4. The van der Waals surface area contributed by atoms with Crippen LogP contribution in [0.1, 0.15) is 44.1 Å². The Labute approximate surface area is 190 Å². The van der Waals surface area contributed by atoms with Crippen LogP contribution in [0.3, 0.4) is 0 Å². The van der Waals surface area contributed by atoms with Crippen LogP contribution in [-0.2, 0) is 16.1 Å². The first-order valence-electron chi connectivity index (χ1n) is 12.1. The van der Waals surface area contributed by atoms with Gasteiger partial charge in [-0.15, -0.1) is 0 Å². The summed E-state index contributed by atoms with van der Waals surface area (Å²) >= 11 is 0. The van der Waals surface area contributed by atoms with E-state index in [0.29, 0.717) is 31.8 Å². The summed E-state index contributed by atoms with van der Waals surface area (Å²) in [6, 6.07) is 9.57. The molecule has 1 aromatic rings. The average Bonchev–Trinajstić information content (AvgIpc) is 3.64. The fourth-order valence-electron chi connectivity index (χ4n) is 5.38. The van der Waals surface area contributed by atoms with Crippen molar-refractivity contribution in [3.05, 3.63) is 59.8 Å². The van der Waals surface area contributed by atoms with Crippen molar-refractivity contribution in [1.82, 2.24) is 15.1 Å². The first kappa shape index (κ1) is 21.1. The summed E-state index contributed by atoms with van der Waals surface area (Å²) < 4.78 is 5.68. The molecule has 6 heteroatoms. The number of amides is 2. The number of ether oxygens (including phenoxy) is 1. The highest BCUT2D eigenvalue weighted by molar-refractivity contribution is 5.87. The summed E-state index contributed by atoms with van der Waals surface area (Å²) in [6.45, 7) is 3.30. The van der Waals surface area contributed by atoms with Crippen molar-refractivity contribution < 1.29 is 14.3 Å². The smallest absolute Gasteiger partial charge is 0.332 e. The number of fused-ring (bicyclic) bond motifs is 1. The van der Waals surface area contributed by atoms with Crippen LogP contribution in [-0.4, -0.2) is 53.5 Å². The van der Waals surface area contributed by atoms with E-state index in [1.54, 1.807) is 0 Å². The lowest BCUT2D eigenvalue weighted by Crippen LogP contribution is -2.61. The molecule has 1 saturated heterocycles. The number of nitrogens with zero attached hydrogens (tertiary/aromatic N) is 2. The molecule has 2 unspecified atom stereocenters. The summed E-state index contributed by atoms with van der Waals surface area (Å²) in [6.07, 6.45) is 12.2. The number of piperazine rings is 1. The van der Waals surface area contributed by atoms with Gasteiger partial charge in [-0.1, -0.05) is 61.7 Å². The molecule has 2 amide bonds. The lowest BCUT2D eigenvalue weighted by atomic mass is 9.81. The Kier molecular flexibility index (Phi) is 5.94. The fraction of sp³-hybridized carbons (Fsp3) is 0.538. The molecule has 3 fully saturated rings. The molecule has 3 aliphatic carbocycles. The third kappa shape index (κ3) is 4.41. The molecule has 170 valence electrons. The van der Waals surface area contributed by atoms with Crippen molar-refractivity contribution in [1.29, 1.82) is 0 Å². The first-order chi connectivity index (χ1) is 15.6. The molecule has 0 radical (unpaired) electrons. The zero-order chi connectivity index (χ0) is 22.0. The van der Waals surface area contributed by atoms with Crippen LogP contribution in [0.25, 0.3) is 0 Å². The van der Waals surface area contributed by atoms with E-state index in [4.69, 9.17) is 4.74 Å². The Morgan fingerprint density at radius 1 is 1.03 bits per heavy atom. The number of carbonyl (C=O) groups is 2. The molecular weight excluding hydrogens is 402 g/mol. The van der Waals surface area contributed by atoms with Crippen LogP contribution in [0, 0.1) is 11.8 Å². The topological polar surface area (TPSA) is 61.9 Å². The fourth-order valence-corrected chi connectivity index (χ4v) is 5.38. The van der Waals surface area contributed by atoms with Crippen LogP contribution in [0.4, 0.5) is 4.79 Å². The molecule has 0 bridgehead atoms. The van der Waals surface area contributed by atoms with Gasteiger partial charge >= 0.3 is 12.0 Å². The number of hydrogen-bond donors (Lipinski definition) is 1. The van der Waals surface area contributed by atoms with Crippen molar-refractivity contribution in [3.8, 4) is 0 Å². The van der Waals surface area contributed by atoms with E-state index in [1.807, 2.05) is 35.2 Å². The molecule has 6 nitrogen and oxygen atoms in total. The predicted molar refractivity (Wildman–Crippen MR) is 123 cm³/mol. The minimum Gasteiger partial charge on any atom is -0.459 e. The Morgan fingerprint density at radius 3 is 2.53 bits per heavy atom. The number of hydrogen-bond acceptors (Lipinski definition) is 4. The third-order valence-corrected chi connectivity index (χ3v) is 7.43. The lowest BCUT2D eigenvalue weighted by molar-refractivity contribution is -0.154. The third-order valence-electron chi connectivity index (χ3n) is 7.43. The van der Waals surface area contributed by atoms with E-state index in [2.05, 4.69) is 28.4 Å². The number of esters is 1. The maximum atomic E-state index is 13.2. The highest BCUT2D eigenvalue weighted by Gasteiger charge is 2.44. The van der Waals surface area contributed by atoms with Gasteiger partial charge in [0.05, 0.1) is 0 Å². The van der Waals surface area contributed by atoms with Crippen LogP contribution >= 0.6 is 0 Å². The number of rotatable bonds is 5. The molecule has 1 heterocycles. The lowest BCUT2D eigenvalue weighted by Gasteiger charge is -2.41. The van der Waals surface area contributed by atoms with E-state index in [9.17, 15) is 9.59 Å². The monoisotopic (exact) mass is 435 g/mol. The highest BCUT2D eigenvalue weighted by atomic mass is 16.5. The van der Waals surface area contributed by atoms with Crippen molar-refractivity contribution in [2.24, 2.45) is 11.8 Å². The summed E-state index contributed by atoms with van der Waals surface area (Å²) in [5.74, 6) is 1.11. The SMILES string of the molecule is O=C(NC1(C(=O)OCc2ccccc2)CCCCC1)N1CCN(C2=CC=CC3CC23)CC1. The van der Waals surface area contributed by atoms with Gasteiger partial charge in [-0.3, -0.25) is 0 Å². The van der Waals surface area contributed by atoms with E-state index < -0.39 is 5.54 Å². The van der Waals surface area contributed by atoms with Crippen LogP contribution in [0.5, 0.6) is 0 Å². The minimum atomic E-state index is -0.904. The van der Waals surface area contributed by atoms with Gasteiger partial charge in [0.1, 0.15) is 12.1 Å². The number of urea groups is 1. The molecule has 1 N–H and O–H groups in total. The Balaban J connectivity index is 1.18. The van der Waals surface area contributed by atoms with Crippen molar-refractivity contribution >= 4 is 12.0 Å². The Hall–Kier alpha value is -2.76. The van der Waals surface area contributed by atoms with E-state index in [1.165, 1.54) is 12.1 Å². The molecule has 0 aromatic heterocycles. The molecule has 5 rings (SSSR count). The highest BCUT2D eigenvalue weighted by Crippen LogP contribution is 2.48. The maximum Gasteiger partial charge on any atom is 0.332 e. The zero-order valence-electron chi connectivity index (χ0n) is 18.7. The summed E-state index contributed by atoms with van der Waals surface area (Å²) in [4.78, 5) is 30.6. The Bertz CT molecular complexity index is 896. The average molecular weight is 436 g/mol. The summed E-state index contributed by atoms with van der Waals surface area (Å²) in [5.41, 5.74) is 1.49. The minimum absolute atomic E-state index is 0.134. The molecule has 4 aliphatic rings. The van der Waals surface area contributed by atoms with E-state index >= 15 is 0 Å². The van der Waals surface area contributed by atoms with Crippen LogP contribution in [0.2, 0.25) is 0 Å². The second-order valence-corrected chi connectivity index (χ2v) is 9.59. The maximum absolute atomic E-state index is 13.2. The van der Waals surface area contributed by atoms with Crippen molar-refractivity contribution in [2.75, 3.05) is 26.2 Å². The van der Waals surface area contributed by atoms with Crippen LogP contribution < -0.4 is 5.32 Å². The van der Waals surface area contributed by atoms with Gasteiger partial charge in [0.15, 0.2) is 0 Å². The second-order valence-electron chi connectivity index (χ2n) is 9.59. The van der Waals surface area contributed by atoms with Gasteiger partial charge in [0.2, 0.25) is 0 Å². The first-order valence-corrected chi connectivity index (χ1v) is 12.1. The number of nitrogens with one attached hydrogen (secondary N) is 1. The van der Waals surface area contributed by atoms with Gasteiger partial charge in [0, 0.05) is 37.8 Å². The van der Waals surface area contributed by atoms with E-state index in [0.717, 1.165) is 43.8 Å². The standard InChI is InChI=1S/C26H33N3O3/c30-24(32-19-20-8-3-1-4-9-20)26(12-5-2-6-13-26)27-25(31)29-16-14-28(15-17-29)23-11-7-10-21-18-22(21)23/h1,3-4,7-11,21-22H,2,5-6,12-19H2,(H,27,31). The van der Waals surface area contributed by atoms with Gasteiger partial charge in [-0.2, -0.15) is 0 Å². The number of carbonyl (C=O) groups excluding carboxylic acids is 2. The molecule has 2 atom stereocenters. The van der Waals surface area contributed by atoms with Gasteiger partial charge in [0.25, 0.3) is 0 Å². The Morgan fingerprint density at radius 2 is 1.78 bits per heavy atom. The number of benzene rings is 1. The van der Waals surface area contributed by atoms with Crippen molar-refractivity contribution in [2.45, 2.75) is 50.7 Å². The molecule has 0 spiro atoms. The normalized spacial score (nSPS) is 26.1. The van der Waals surface area contributed by atoms with Gasteiger partial charge < -0.3 is 19.9 Å². The molecule has 1 aromatic carbocycles. The van der Waals surface area contributed by atoms with Crippen molar-refractivity contribution in [3.63, 3.8) is 0 Å². The van der Waals surface area contributed by atoms with Crippen LogP contribution in [0.15, 0.2) is 54.3 Å². The van der Waals surface area contributed by atoms with Gasteiger partial charge in [-0.05, 0) is 36.8 Å². The zero-order valence-corrected chi connectivity index (χ0v) is 18.7. The summed E-state index contributed by atoms with van der Waals surface area (Å²) in [7, 11) is 0. The predicted octanol–water partition coefficient (Wildman–Crippen LogP) is 3.85. The molecular formula is C26H33N3O3. The summed E-state index contributed by atoms with van der Waals surface area (Å²) in [5, 5.41) is 3.12. The molecule has 1 aliphatic heterocycles. The second kappa shape index (κ2) is 9.00. The van der Waals surface area contributed by atoms with Gasteiger partial charge in [-0.25, -0.2) is 9.59 Å². The largest absolute Gasteiger partial charge is 0.459 e. The van der Waals surface area contributed by atoms with E-state index in [-0.39, 0.29) is 18.6 Å². The quantitative estimate of drug-likeness (QED) is 0.714.